The summed E-state index contributed by atoms with van der Waals surface area (Å²) < 4.78 is 5.60. The van der Waals surface area contributed by atoms with Crippen LogP contribution in [-0.4, -0.2) is 29.8 Å². The second-order valence-corrected chi connectivity index (χ2v) is 5.65. The molecule has 1 amide bonds. The van der Waals surface area contributed by atoms with Gasteiger partial charge >= 0.3 is 0 Å². The van der Waals surface area contributed by atoms with Crippen molar-refractivity contribution in [3.05, 3.63) is 29.8 Å². The van der Waals surface area contributed by atoms with Gasteiger partial charge in [-0.1, -0.05) is 12.5 Å². The summed E-state index contributed by atoms with van der Waals surface area (Å²) in [5, 5.41) is 12.3. The van der Waals surface area contributed by atoms with Crippen LogP contribution >= 0.6 is 0 Å². The zero-order valence-electron chi connectivity index (χ0n) is 12.1. The third-order valence-electron chi connectivity index (χ3n) is 3.68. The van der Waals surface area contributed by atoms with E-state index in [1.54, 1.807) is 12.1 Å². The molecule has 2 unspecified atom stereocenters. The molecule has 2 rings (SSSR count). The Morgan fingerprint density at radius 1 is 1.45 bits per heavy atom. The molecule has 110 valence electrons. The van der Waals surface area contributed by atoms with Crippen LogP contribution in [0.5, 0.6) is 5.75 Å². The van der Waals surface area contributed by atoms with Crippen molar-refractivity contribution >= 4 is 5.91 Å². The van der Waals surface area contributed by atoms with Crippen LogP contribution in [0.3, 0.4) is 0 Å². The van der Waals surface area contributed by atoms with Crippen molar-refractivity contribution in [3.63, 3.8) is 0 Å². The predicted octanol–water partition coefficient (Wildman–Crippen LogP) is 2.36. The summed E-state index contributed by atoms with van der Waals surface area (Å²) in [6.45, 7) is 4.05. The summed E-state index contributed by atoms with van der Waals surface area (Å²) in [5.41, 5.74) is 0.603. The minimum absolute atomic E-state index is 0.0851. The van der Waals surface area contributed by atoms with Crippen LogP contribution < -0.4 is 10.1 Å². The summed E-state index contributed by atoms with van der Waals surface area (Å²) in [7, 11) is 0. The highest BCUT2D eigenvalue weighted by Gasteiger charge is 2.28. The molecule has 1 aromatic carbocycles. The number of aliphatic hydroxyl groups is 1. The van der Waals surface area contributed by atoms with Crippen LogP contribution in [-0.2, 0) is 0 Å². The van der Waals surface area contributed by atoms with Gasteiger partial charge in [-0.25, -0.2) is 0 Å². The van der Waals surface area contributed by atoms with Gasteiger partial charge in [-0.05, 0) is 44.9 Å². The Hall–Kier alpha value is -1.55. The fourth-order valence-electron chi connectivity index (χ4n) is 2.68. The average Bonchev–Trinajstić information content (AvgIpc) is 2.85. The molecule has 1 fully saturated rings. The average molecular weight is 277 g/mol. The molecule has 1 aliphatic carbocycles. The summed E-state index contributed by atoms with van der Waals surface area (Å²) >= 11 is 0. The molecule has 0 aromatic heterocycles. The van der Waals surface area contributed by atoms with E-state index in [1.807, 2.05) is 26.0 Å². The minimum atomic E-state index is -0.0930. The van der Waals surface area contributed by atoms with Gasteiger partial charge in [0.2, 0.25) is 0 Å². The van der Waals surface area contributed by atoms with Gasteiger partial charge in [-0.15, -0.1) is 0 Å². The Morgan fingerprint density at radius 2 is 2.25 bits per heavy atom. The number of carbonyl (C=O) groups excluding carboxylic acids is 1. The highest BCUT2D eigenvalue weighted by molar-refractivity contribution is 5.94. The van der Waals surface area contributed by atoms with Gasteiger partial charge in [-0.3, -0.25) is 4.79 Å². The van der Waals surface area contributed by atoms with Crippen molar-refractivity contribution in [2.45, 2.75) is 45.3 Å². The summed E-state index contributed by atoms with van der Waals surface area (Å²) in [5.74, 6) is 0.802. The number of aliphatic hydroxyl groups excluding tert-OH is 1. The van der Waals surface area contributed by atoms with Gasteiger partial charge in [0, 0.05) is 24.1 Å². The first-order valence-electron chi connectivity index (χ1n) is 7.28. The smallest absolute Gasteiger partial charge is 0.251 e. The molecule has 4 heteroatoms. The molecule has 0 bridgehead atoms. The van der Waals surface area contributed by atoms with Crippen molar-refractivity contribution in [3.8, 4) is 5.75 Å². The number of rotatable bonds is 5. The van der Waals surface area contributed by atoms with Gasteiger partial charge in [0.05, 0.1) is 6.10 Å². The van der Waals surface area contributed by atoms with Crippen molar-refractivity contribution in [2.75, 3.05) is 6.61 Å². The van der Waals surface area contributed by atoms with E-state index in [-0.39, 0.29) is 30.6 Å². The van der Waals surface area contributed by atoms with Gasteiger partial charge in [0.1, 0.15) is 5.75 Å². The molecule has 0 heterocycles. The van der Waals surface area contributed by atoms with Crippen LogP contribution in [0.25, 0.3) is 0 Å². The third kappa shape index (κ3) is 3.73. The fraction of sp³-hybridized carbons (Fsp3) is 0.562. The number of ether oxygens (including phenoxy) is 1. The fourth-order valence-corrected chi connectivity index (χ4v) is 2.68. The number of amides is 1. The normalized spacial score (nSPS) is 22.0. The lowest BCUT2D eigenvalue weighted by molar-refractivity contribution is 0.0915. The summed E-state index contributed by atoms with van der Waals surface area (Å²) in [6.07, 6.45) is 3.07. The van der Waals surface area contributed by atoms with Crippen LogP contribution in [0.15, 0.2) is 24.3 Å². The Balaban J connectivity index is 2.01. The van der Waals surface area contributed by atoms with E-state index in [9.17, 15) is 9.90 Å². The molecule has 2 atom stereocenters. The van der Waals surface area contributed by atoms with Crippen molar-refractivity contribution < 1.29 is 14.6 Å². The number of hydrogen-bond donors (Lipinski definition) is 2. The maximum atomic E-state index is 12.3. The van der Waals surface area contributed by atoms with Crippen molar-refractivity contribution in [2.24, 2.45) is 5.92 Å². The number of benzene rings is 1. The van der Waals surface area contributed by atoms with E-state index >= 15 is 0 Å². The van der Waals surface area contributed by atoms with E-state index in [4.69, 9.17) is 4.74 Å². The SMILES string of the molecule is CC(C)Oc1cccc(C(=O)NC2CCCC2CO)c1. The lowest BCUT2D eigenvalue weighted by Gasteiger charge is -2.19. The van der Waals surface area contributed by atoms with E-state index in [0.29, 0.717) is 11.3 Å². The first kappa shape index (κ1) is 14.9. The van der Waals surface area contributed by atoms with E-state index in [1.165, 1.54) is 0 Å². The first-order valence-corrected chi connectivity index (χ1v) is 7.28. The largest absolute Gasteiger partial charge is 0.491 e. The molecular formula is C16H23NO3. The number of carbonyl (C=O) groups is 1. The molecule has 1 aliphatic rings. The first-order chi connectivity index (χ1) is 9.60. The van der Waals surface area contributed by atoms with Crippen LogP contribution in [0.2, 0.25) is 0 Å². The predicted molar refractivity (Wildman–Crippen MR) is 77.9 cm³/mol. The zero-order valence-corrected chi connectivity index (χ0v) is 12.1. The summed E-state index contributed by atoms with van der Waals surface area (Å²) in [6, 6.07) is 7.30. The highest BCUT2D eigenvalue weighted by atomic mass is 16.5. The van der Waals surface area contributed by atoms with Crippen LogP contribution in [0.1, 0.15) is 43.5 Å². The van der Waals surface area contributed by atoms with Crippen LogP contribution in [0.4, 0.5) is 0 Å². The monoisotopic (exact) mass is 277 g/mol. The minimum Gasteiger partial charge on any atom is -0.491 e. The number of hydrogen-bond acceptors (Lipinski definition) is 3. The molecule has 20 heavy (non-hydrogen) atoms. The Morgan fingerprint density at radius 3 is 2.95 bits per heavy atom. The quantitative estimate of drug-likeness (QED) is 0.868. The molecule has 1 aromatic rings. The molecular weight excluding hydrogens is 254 g/mol. The molecule has 0 spiro atoms. The summed E-state index contributed by atoms with van der Waals surface area (Å²) in [4.78, 5) is 12.3. The van der Waals surface area contributed by atoms with Crippen molar-refractivity contribution in [1.29, 1.82) is 0 Å². The topological polar surface area (TPSA) is 58.6 Å². The Kier molecular flexibility index (Phi) is 5.01. The second kappa shape index (κ2) is 6.75. The number of nitrogens with one attached hydrogen (secondary N) is 1. The van der Waals surface area contributed by atoms with Gasteiger partial charge in [-0.2, -0.15) is 0 Å². The molecule has 1 saturated carbocycles. The maximum Gasteiger partial charge on any atom is 0.251 e. The van der Waals surface area contributed by atoms with Crippen molar-refractivity contribution in [1.82, 2.24) is 5.32 Å². The lowest BCUT2D eigenvalue weighted by Crippen LogP contribution is -2.38. The van der Waals surface area contributed by atoms with E-state index in [0.717, 1.165) is 19.3 Å². The van der Waals surface area contributed by atoms with Crippen LogP contribution in [0, 0.1) is 5.92 Å². The molecule has 2 N–H and O–H groups in total. The zero-order chi connectivity index (χ0) is 14.5. The molecule has 0 aliphatic heterocycles. The molecule has 4 nitrogen and oxygen atoms in total. The third-order valence-corrected chi connectivity index (χ3v) is 3.68. The van der Waals surface area contributed by atoms with Gasteiger partial charge in [0.15, 0.2) is 0 Å². The molecule has 0 saturated heterocycles. The second-order valence-electron chi connectivity index (χ2n) is 5.65. The molecule has 0 radical (unpaired) electrons. The maximum absolute atomic E-state index is 12.3. The van der Waals surface area contributed by atoms with Gasteiger partial charge in [0.25, 0.3) is 5.91 Å². The van der Waals surface area contributed by atoms with E-state index < -0.39 is 0 Å². The highest BCUT2D eigenvalue weighted by Crippen LogP contribution is 2.25. The standard InChI is InChI=1S/C16H23NO3/c1-11(2)20-14-7-3-5-12(9-14)16(19)17-15-8-4-6-13(15)10-18/h3,5,7,9,11,13,15,18H,4,6,8,10H2,1-2H3,(H,17,19). The Bertz CT molecular complexity index is 459. The Labute approximate surface area is 120 Å². The van der Waals surface area contributed by atoms with E-state index in [2.05, 4.69) is 5.32 Å². The van der Waals surface area contributed by atoms with Gasteiger partial charge < -0.3 is 15.2 Å². The lowest BCUT2D eigenvalue weighted by atomic mass is 10.0.